The number of carbonyl (C=O) groups is 2. The molecule has 2 unspecified atom stereocenters. The molecule has 0 saturated heterocycles. The first-order chi connectivity index (χ1) is 44.0. The van der Waals surface area contributed by atoms with Gasteiger partial charge in [-0.1, -0.05) is 329 Å². The molecule has 0 bridgehead atoms. The number of ether oxygens (including phenoxy) is 2. The minimum absolute atomic E-state index is 0.0297. The Balaban J connectivity index is 4.01. The maximum Gasteiger partial charge on any atom is 0.472 e. The van der Waals surface area contributed by atoms with Crippen molar-refractivity contribution in [1.29, 1.82) is 0 Å². The summed E-state index contributed by atoms with van der Waals surface area (Å²) in [7, 11) is 1.48. The van der Waals surface area contributed by atoms with E-state index in [-0.39, 0.29) is 32.0 Å². The zero-order chi connectivity index (χ0) is 65.5. The van der Waals surface area contributed by atoms with Gasteiger partial charge < -0.3 is 18.9 Å². The highest BCUT2D eigenvalue weighted by Gasteiger charge is 2.27. The van der Waals surface area contributed by atoms with Crippen molar-refractivity contribution in [3.8, 4) is 0 Å². The number of hydrogen-bond acceptors (Lipinski definition) is 7. The topological polar surface area (TPSA) is 108 Å². The molecule has 10 heteroatoms. The zero-order valence-electron chi connectivity index (χ0n) is 59.4. The second-order valence-electron chi connectivity index (χ2n) is 26.3. The molecule has 0 amide bonds. The average Bonchev–Trinajstić information content (AvgIpc) is 3.58. The van der Waals surface area contributed by atoms with Crippen LogP contribution in [0.1, 0.15) is 335 Å². The summed E-state index contributed by atoms with van der Waals surface area (Å²) in [4.78, 5) is 35.9. The third kappa shape index (κ3) is 73.7. The van der Waals surface area contributed by atoms with E-state index in [1.165, 1.54) is 212 Å². The van der Waals surface area contributed by atoms with Crippen molar-refractivity contribution in [3.63, 3.8) is 0 Å². The summed E-state index contributed by atoms with van der Waals surface area (Å²) in [5.41, 5.74) is 0. The van der Waals surface area contributed by atoms with E-state index in [9.17, 15) is 19.0 Å². The highest BCUT2D eigenvalue weighted by Crippen LogP contribution is 2.43. The lowest BCUT2D eigenvalue weighted by molar-refractivity contribution is -0.870. The van der Waals surface area contributed by atoms with E-state index in [1.54, 1.807) is 0 Å². The standard InChI is InChI=1S/C80H142NO8P/c1-6-8-10-12-14-16-18-20-22-24-26-28-30-32-34-36-37-38-39-40-41-42-43-45-47-49-51-53-55-57-59-61-63-65-67-69-71-73-80(83)89-78(77-88-90(84,85)87-75-74-81(3,4)5)76-86-79(82)72-70-68-66-64-62-60-58-56-54-52-50-48-46-44-35-33-31-29-27-25-23-21-19-17-15-13-11-9-7-2/h8,10,14,16,19-22,25-28,32,34,37-38,40-41,78H,6-7,9,11-13,15,17-18,23-24,29-31,33,35-36,39,42-77H2,1-5H3/p+1/b10-8-,16-14-,21-19-,22-20-,27-25-,28-26-,34-32-,38-37-,41-40-. The normalized spacial score (nSPS) is 13.7. The molecule has 0 aromatic heterocycles. The largest absolute Gasteiger partial charge is 0.472 e. The molecule has 9 nitrogen and oxygen atoms in total. The van der Waals surface area contributed by atoms with Gasteiger partial charge in [-0.2, -0.15) is 0 Å². The van der Waals surface area contributed by atoms with Crippen LogP contribution in [0.2, 0.25) is 0 Å². The minimum atomic E-state index is -4.40. The Morgan fingerprint density at radius 2 is 0.633 bits per heavy atom. The predicted molar refractivity (Wildman–Crippen MR) is 390 cm³/mol. The van der Waals surface area contributed by atoms with Gasteiger partial charge in [0.15, 0.2) is 6.10 Å². The van der Waals surface area contributed by atoms with Gasteiger partial charge in [-0.25, -0.2) is 4.57 Å². The quantitative estimate of drug-likeness (QED) is 0.0211. The fourth-order valence-corrected chi connectivity index (χ4v) is 11.3. The molecule has 90 heavy (non-hydrogen) atoms. The van der Waals surface area contributed by atoms with E-state index in [1.807, 2.05) is 21.1 Å². The highest BCUT2D eigenvalue weighted by atomic mass is 31.2. The number of unbranched alkanes of at least 4 members (excludes halogenated alkanes) is 37. The Bertz CT molecular complexity index is 1890. The number of hydrogen-bond donors (Lipinski definition) is 1. The van der Waals surface area contributed by atoms with Gasteiger partial charge in [0.05, 0.1) is 27.7 Å². The van der Waals surface area contributed by atoms with Crippen molar-refractivity contribution < 1.29 is 42.1 Å². The van der Waals surface area contributed by atoms with Crippen LogP contribution in [0.25, 0.3) is 0 Å². The summed E-state index contributed by atoms with van der Waals surface area (Å²) in [6.45, 7) is 4.35. The molecule has 2 atom stereocenters. The summed E-state index contributed by atoms with van der Waals surface area (Å²) < 4.78 is 34.8. The number of nitrogens with zero attached hydrogens (tertiary/aromatic N) is 1. The molecule has 0 aliphatic rings. The molecular weight excluding hydrogens is 1130 g/mol. The average molecular weight is 1280 g/mol. The molecule has 0 heterocycles. The van der Waals surface area contributed by atoms with Crippen LogP contribution in [0, 0.1) is 0 Å². The summed E-state index contributed by atoms with van der Waals surface area (Å²) in [6.07, 6.45) is 99.2. The Morgan fingerprint density at radius 3 is 0.944 bits per heavy atom. The first-order valence-corrected chi connectivity index (χ1v) is 39.1. The van der Waals surface area contributed by atoms with Gasteiger partial charge in [-0.15, -0.1) is 0 Å². The number of quaternary nitrogens is 1. The van der Waals surface area contributed by atoms with Gasteiger partial charge in [-0.05, 0) is 103 Å². The lowest BCUT2D eigenvalue weighted by atomic mass is 10.0. The molecule has 520 valence electrons. The third-order valence-electron chi connectivity index (χ3n) is 16.3. The molecule has 0 aliphatic carbocycles. The Labute approximate surface area is 556 Å². The molecule has 0 aromatic carbocycles. The van der Waals surface area contributed by atoms with Gasteiger partial charge in [0.25, 0.3) is 0 Å². The monoisotopic (exact) mass is 1280 g/mol. The lowest BCUT2D eigenvalue weighted by Crippen LogP contribution is -2.37. The Kier molecular flexibility index (Phi) is 67.4. The molecule has 0 saturated carbocycles. The van der Waals surface area contributed by atoms with Crippen molar-refractivity contribution in [2.75, 3.05) is 47.5 Å². The van der Waals surface area contributed by atoms with Crippen LogP contribution in [0.3, 0.4) is 0 Å². The summed E-state index contributed by atoms with van der Waals surface area (Å²) in [5, 5.41) is 0. The molecule has 1 N–H and O–H groups in total. The minimum Gasteiger partial charge on any atom is -0.462 e. The number of allylic oxidation sites excluding steroid dienone is 18. The van der Waals surface area contributed by atoms with Crippen molar-refractivity contribution >= 4 is 19.8 Å². The molecular formula is C80H143NO8P+. The number of rotatable bonds is 69. The van der Waals surface area contributed by atoms with Crippen LogP contribution in [0.15, 0.2) is 109 Å². The summed E-state index contributed by atoms with van der Waals surface area (Å²) in [5.74, 6) is -0.787. The van der Waals surface area contributed by atoms with Crippen LogP contribution in [0.4, 0.5) is 0 Å². The summed E-state index contributed by atoms with van der Waals surface area (Å²) >= 11 is 0. The van der Waals surface area contributed by atoms with E-state index in [4.69, 9.17) is 18.5 Å². The molecule has 0 fully saturated rings. The van der Waals surface area contributed by atoms with Crippen LogP contribution in [0.5, 0.6) is 0 Å². The number of likely N-dealkylation sites (N-methyl/N-ethyl adjacent to an activating group) is 1. The van der Waals surface area contributed by atoms with Crippen molar-refractivity contribution in [2.24, 2.45) is 0 Å². The van der Waals surface area contributed by atoms with Crippen molar-refractivity contribution in [2.45, 2.75) is 341 Å². The Hall–Kier alpha value is -3.33. The van der Waals surface area contributed by atoms with E-state index in [2.05, 4.69) is 123 Å². The first-order valence-electron chi connectivity index (χ1n) is 37.6. The molecule has 0 spiro atoms. The SMILES string of the molecule is CC/C=C\C/C=C\C/C=C\C/C=C\C/C=C\C/C=C\C/C=C\CCCCCCCCCCCCCCCCCC(=O)OC(COC(=O)CCCCCCCCCCCCCCCCCCC/C=C\C/C=C\CCCCCCC)COP(=O)(O)OCC[N+](C)(C)C. The number of phosphoric acid groups is 1. The van der Waals surface area contributed by atoms with Gasteiger partial charge in [0, 0.05) is 12.8 Å². The van der Waals surface area contributed by atoms with Crippen LogP contribution in [-0.4, -0.2) is 74.9 Å². The number of esters is 2. The second-order valence-corrected chi connectivity index (χ2v) is 27.8. The fourth-order valence-electron chi connectivity index (χ4n) is 10.6. The van der Waals surface area contributed by atoms with Crippen LogP contribution < -0.4 is 0 Å². The highest BCUT2D eigenvalue weighted by molar-refractivity contribution is 7.47. The first kappa shape index (κ1) is 86.7. The van der Waals surface area contributed by atoms with Gasteiger partial charge in [0.2, 0.25) is 0 Å². The Morgan fingerprint density at radius 1 is 0.356 bits per heavy atom. The second kappa shape index (κ2) is 70.0. The predicted octanol–water partition coefficient (Wildman–Crippen LogP) is 24.8. The van der Waals surface area contributed by atoms with E-state index >= 15 is 0 Å². The lowest BCUT2D eigenvalue weighted by Gasteiger charge is -2.24. The van der Waals surface area contributed by atoms with E-state index < -0.39 is 26.5 Å². The van der Waals surface area contributed by atoms with Crippen molar-refractivity contribution in [3.05, 3.63) is 109 Å². The smallest absolute Gasteiger partial charge is 0.462 e. The maximum absolute atomic E-state index is 12.9. The maximum atomic E-state index is 12.9. The number of phosphoric ester groups is 1. The number of carbonyl (C=O) groups excluding carboxylic acids is 2. The van der Waals surface area contributed by atoms with Gasteiger partial charge in [-0.3, -0.25) is 18.6 Å². The van der Waals surface area contributed by atoms with E-state index in [0.717, 1.165) is 89.9 Å². The molecule has 0 aliphatic heterocycles. The van der Waals surface area contributed by atoms with Crippen LogP contribution in [-0.2, 0) is 32.7 Å². The van der Waals surface area contributed by atoms with Gasteiger partial charge >= 0.3 is 19.8 Å². The molecule has 0 rings (SSSR count). The van der Waals surface area contributed by atoms with Crippen LogP contribution >= 0.6 is 7.82 Å². The van der Waals surface area contributed by atoms with Crippen molar-refractivity contribution in [1.82, 2.24) is 0 Å². The van der Waals surface area contributed by atoms with E-state index in [0.29, 0.717) is 17.4 Å². The third-order valence-corrected chi connectivity index (χ3v) is 17.3. The zero-order valence-corrected chi connectivity index (χ0v) is 60.2. The fraction of sp³-hybridized carbons (Fsp3) is 0.750. The molecule has 0 radical (unpaired) electrons. The molecule has 0 aromatic rings. The van der Waals surface area contributed by atoms with Gasteiger partial charge in [0.1, 0.15) is 19.8 Å². The summed E-state index contributed by atoms with van der Waals surface area (Å²) in [6, 6.07) is 0.